The number of benzene rings is 2. The molecule has 3 rings (SSSR count). The summed E-state index contributed by atoms with van der Waals surface area (Å²) in [5, 5.41) is 1.27. The van der Waals surface area contributed by atoms with Crippen LogP contribution in [0.2, 0.25) is 0 Å². The van der Waals surface area contributed by atoms with Crippen LogP contribution in [0.15, 0.2) is 66.9 Å². The van der Waals surface area contributed by atoms with E-state index in [1.165, 1.54) is 22.0 Å². The predicted molar refractivity (Wildman–Crippen MR) is 70.6 cm³/mol. The van der Waals surface area contributed by atoms with Crippen molar-refractivity contribution in [2.45, 2.75) is 0 Å². The van der Waals surface area contributed by atoms with Gasteiger partial charge in [0.15, 0.2) is 6.20 Å². The fourth-order valence-electron chi connectivity index (χ4n) is 2.20. The molecule has 0 amide bonds. The van der Waals surface area contributed by atoms with E-state index in [2.05, 4.69) is 72.4 Å². The second-order valence-electron chi connectivity index (χ2n) is 4.26. The summed E-state index contributed by atoms with van der Waals surface area (Å²) in [5.74, 6) is 0. The van der Waals surface area contributed by atoms with Crippen LogP contribution in [0.5, 0.6) is 0 Å². The molecule has 0 spiro atoms. The van der Waals surface area contributed by atoms with Crippen LogP contribution in [0.3, 0.4) is 0 Å². The van der Waals surface area contributed by atoms with Gasteiger partial charge < -0.3 is 0 Å². The molecular formula is C16H14N+. The molecule has 0 unspecified atom stereocenters. The molecule has 0 aliphatic rings. The highest BCUT2D eigenvalue weighted by atomic mass is 14.9. The zero-order valence-corrected chi connectivity index (χ0v) is 9.80. The third-order valence-electron chi connectivity index (χ3n) is 3.07. The predicted octanol–water partition coefficient (Wildman–Crippen LogP) is 3.33. The Morgan fingerprint density at radius 1 is 0.765 bits per heavy atom. The Labute approximate surface area is 101 Å². The Morgan fingerprint density at radius 3 is 2.29 bits per heavy atom. The van der Waals surface area contributed by atoms with Gasteiger partial charge in [-0.1, -0.05) is 42.5 Å². The number of para-hydroxylation sites is 1. The molecule has 1 heteroatoms. The Hall–Kier alpha value is -2.15. The van der Waals surface area contributed by atoms with Crippen LogP contribution in [-0.2, 0) is 7.05 Å². The van der Waals surface area contributed by atoms with E-state index in [9.17, 15) is 0 Å². The van der Waals surface area contributed by atoms with E-state index in [0.717, 1.165) is 0 Å². The maximum Gasteiger partial charge on any atom is 0.212 e. The van der Waals surface area contributed by atoms with Crippen molar-refractivity contribution < 1.29 is 4.57 Å². The SMILES string of the molecule is C[n+]1cc(-c2ccccc2)cc2ccccc21. The molecular weight excluding hydrogens is 206 g/mol. The van der Waals surface area contributed by atoms with Crippen molar-refractivity contribution in [2.75, 3.05) is 0 Å². The van der Waals surface area contributed by atoms with Crippen LogP contribution in [0.25, 0.3) is 22.0 Å². The minimum atomic E-state index is 1.26. The second kappa shape index (κ2) is 4.02. The van der Waals surface area contributed by atoms with Crippen LogP contribution in [0, 0.1) is 0 Å². The van der Waals surface area contributed by atoms with Crippen molar-refractivity contribution in [3.63, 3.8) is 0 Å². The van der Waals surface area contributed by atoms with Gasteiger partial charge in [-0.15, -0.1) is 0 Å². The van der Waals surface area contributed by atoms with E-state index < -0.39 is 0 Å². The van der Waals surface area contributed by atoms with Gasteiger partial charge in [-0.25, -0.2) is 4.57 Å². The van der Waals surface area contributed by atoms with Gasteiger partial charge in [0.25, 0.3) is 0 Å². The Morgan fingerprint density at radius 2 is 1.47 bits per heavy atom. The van der Waals surface area contributed by atoms with E-state index in [1.54, 1.807) is 0 Å². The molecule has 0 N–H and O–H groups in total. The third-order valence-corrected chi connectivity index (χ3v) is 3.07. The third kappa shape index (κ3) is 1.80. The van der Waals surface area contributed by atoms with Crippen molar-refractivity contribution in [3.05, 3.63) is 66.9 Å². The van der Waals surface area contributed by atoms with Gasteiger partial charge in [0.05, 0.1) is 0 Å². The summed E-state index contributed by atoms with van der Waals surface area (Å²) in [6, 6.07) is 21.2. The molecule has 1 heterocycles. The van der Waals surface area contributed by atoms with Crippen molar-refractivity contribution >= 4 is 10.9 Å². The molecule has 82 valence electrons. The summed E-state index contributed by atoms with van der Waals surface area (Å²) in [6.45, 7) is 0. The fraction of sp³-hybridized carbons (Fsp3) is 0.0625. The molecule has 0 aliphatic heterocycles. The number of nitrogens with zero attached hydrogens (tertiary/aromatic N) is 1. The highest BCUT2D eigenvalue weighted by molar-refractivity contribution is 5.80. The lowest BCUT2D eigenvalue weighted by Gasteiger charge is -2.02. The van der Waals surface area contributed by atoms with Crippen LogP contribution in [0.4, 0.5) is 0 Å². The number of fused-ring (bicyclic) bond motifs is 1. The van der Waals surface area contributed by atoms with Gasteiger partial charge >= 0.3 is 0 Å². The van der Waals surface area contributed by atoms with E-state index in [4.69, 9.17) is 0 Å². The number of hydrogen-bond acceptors (Lipinski definition) is 0. The van der Waals surface area contributed by atoms with Crippen molar-refractivity contribution in [1.29, 1.82) is 0 Å². The van der Waals surface area contributed by atoms with E-state index in [1.807, 2.05) is 6.07 Å². The first kappa shape index (κ1) is 10.0. The average Bonchev–Trinajstić information content (AvgIpc) is 2.40. The molecule has 1 aromatic heterocycles. The first-order chi connectivity index (χ1) is 8.34. The second-order valence-corrected chi connectivity index (χ2v) is 4.26. The molecule has 0 fully saturated rings. The number of aromatic nitrogens is 1. The molecule has 17 heavy (non-hydrogen) atoms. The highest BCUT2D eigenvalue weighted by Crippen LogP contribution is 2.21. The van der Waals surface area contributed by atoms with Crippen LogP contribution >= 0.6 is 0 Å². The number of hydrogen-bond donors (Lipinski definition) is 0. The maximum atomic E-state index is 2.24. The summed E-state index contributed by atoms with van der Waals surface area (Å²) in [7, 11) is 2.09. The minimum Gasteiger partial charge on any atom is -0.200 e. The van der Waals surface area contributed by atoms with Crippen molar-refractivity contribution in [3.8, 4) is 11.1 Å². The first-order valence-corrected chi connectivity index (χ1v) is 5.78. The van der Waals surface area contributed by atoms with Gasteiger partial charge in [-0.2, -0.15) is 0 Å². The minimum absolute atomic E-state index is 1.26. The molecule has 0 saturated carbocycles. The zero-order chi connectivity index (χ0) is 11.7. The molecule has 0 aliphatic carbocycles. The van der Waals surface area contributed by atoms with Gasteiger partial charge in [-0.05, 0) is 17.7 Å². The summed E-state index contributed by atoms with van der Waals surface area (Å²) >= 11 is 0. The topological polar surface area (TPSA) is 3.88 Å². The molecule has 0 saturated heterocycles. The van der Waals surface area contributed by atoms with E-state index in [-0.39, 0.29) is 0 Å². The summed E-state index contributed by atoms with van der Waals surface area (Å²) in [5.41, 5.74) is 3.77. The fourth-order valence-corrected chi connectivity index (χ4v) is 2.20. The summed E-state index contributed by atoms with van der Waals surface area (Å²) < 4.78 is 2.18. The van der Waals surface area contributed by atoms with Crippen molar-refractivity contribution in [1.82, 2.24) is 0 Å². The van der Waals surface area contributed by atoms with Crippen molar-refractivity contribution in [2.24, 2.45) is 7.05 Å². The molecule has 3 aromatic rings. The van der Waals surface area contributed by atoms with Gasteiger partial charge in [0.2, 0.25) is 5.52 Å². The quantitative estimate of drug-likeness (QED) is 0.554. The molecule has 0 atom stereocenters. The Bertz CT molecular complexity index is 657. The van der Waals surface area contributed by atoms with E-state index >= 15 is 0 Å². The molecule has 0 bridgehead atoms. The lowest BCUT2D eigenvalue weighted by molar-refractivity contribution is -0.644. The van der Waals surface area contributed by atoms with Crippen LogP contribution in [-0.4, -0.2) is 0 Å². The first-order valence-electron chi connectivity index (χ1n) is 5.78. The monoisotopic (exact) mass is 220 g/mol. The van der Waals surface area contributed by atoms with Crippen LogP contribution < -0.4 is 4.57 Å². The lowest BCUT2D eigenvalue weighted by atomic mass is 10.1. The number of pyridine rings is 1. The molecule has 1 nitrogen and oxygen atoms in total. The van der Waals surface area contributed by atoms with Gasteiger partial charge in [0.1, 0.15) is 7.05 Å². The highest BCUT2D eigenvalue weighted by Gasteiger charge is 2.07. The Balaban J connectivity index is 2.26. The standard InChI is InChI=1S/C16H14N/c1-17-12-15(13-7-3-2-4-8-13)11-14-9-5-6-10-16(14)17/h2-12H,1H3/q+1. The zero-order valence-electron chi connectivity index (χ0n) is 9.80. The van der Waals surface area contributed by atoms with E-state index in [0.29, 0.717) is 0 Å². The van der Waals surface area contributed by atoms with Gasteiger partial charge in [-0.3, -0.25) is 0 Å². The molecule has 2 aromatic carbocycles. The molecule has 0 radical (unpaired) electrons. The largest absolute Gasteiger partial charge is 0.212 e. The van der Waals surface area contributed by atoms with Gasteiger partial charge in [0, 0.05) is 17.0 Å². The summed E-state index contributed by atoms with van der Waals surface area (Å²) in [6.07, 6.45) is 2.18. The number of aryl methyl sites for hydroxylation is 1. The Kier molecular flexibility index (Phi) is 2.37. The number of rotatable bonds is 1. The average molecular weight is 220 g/mol. The normalized spacial score (nSPS) is 10.6. The summed E-state index contributed by atoms with van der Waals surface area (Å²) in [4.78, 5) is 0. The smallest absolute Gasteiger partial charge is 0.200 e. The lowest BCUT2D eigenvalue weighted by Crippen LogP contribution is -2.28. The maximum absolute atomic E-state index is 2.24. The van der Waals surface area contributed by atoms with Crippen LogP contribution in [0.1, 0.15) is 0 Å².